The summed E-state index contributed by atoms with van der Waals surface area (Å²) < 4.78 is 5.45. The molecule has 1 heterocycles. The van der Waals surface area contributed by atoms with Crippen molar-refractivity contribution in [3.8, 4) is 11.1 Å². The summed E-state index contributed by atoms with van der Waals surface area (Å²) in [4.78, 5) is 26.9. The van der Waals surface area contributed by atoms with Crippen LogP contribution in [0.1, 0.15) is 59.8 Å². The van der Waals surface area contributed by atoms with Crippen molar-refractivity contribution in [1.29, 1.82) is 0 Å². The van der Waals surface area contributed by atoms with Gasteiger partial charge in [0.1, 0.15) is 11.3 Å². The first-order chi connectivity index (χ1) is 10.8. The lowest BCUT2D eigenvalue weighted by Gasteiger charge is -2.19. The fourth-order valence-electron chi connectivity index (χ4n) is 2.56. The monoisotopic (exact) mass is 313 g/mol. The lowest BCUT2D eigenvalue weighted by atomic mass is 9.98. The minimum absolute atomic E-state index is 0.361. The molecular weight excluding hydrogens is 290 g/mol. The number of esters is 1. The minimum atomic E-state index is -0.585. The maximum atomic E-state index is 12.4. The number of benzene rings is 1. The van der Waals surface area contributed by atoms with E-state index in [2.05, 4.69) is 4.98 Å². The molecule has 0 bridgehead atoms. The Morgan fingerprint density at radius 1 is 1.22 bits per heavy atom. The lowest BCUT2D eigenvalue weighted by Crippen LogP contribution is -2.24. The Morgan fingerprint density at radius 2 is 1.83 bits per heavy atom. The lowest BCUT2D eigenvalue weighted by molar-refractivity contribution is 0.00624. The first-order valence-electron chi connectivity index (χ1n) is 7.77. The number of H-pyrrole nitrogens is 1. The standard InChI is InChI=1S/C19H23NO3/c1-6-14-16(13-9-7-12(2)8-10-13)15(11-21)20-17(14)18(22)23-19(3,4)5/h7-11,20H,6H2,1-5H3. The second-order valence-corrected chi connectivity index (χ2v) is 6.61. The topological polar surface area (TPSA) is 59.2 Å². The molecule has 0 unspecified atom stereocenters. The van der Waals surface area contributed by atoms with E-state index < -0.39 is 11.6 Å². The Bertz CT molecular complexity index is 718. The van der Waals surface area contributed by atoms with E-state index in [1.807, 2.05) is 58.9 Å². The molecule has 0 radical (unpaired) electrons. The molecule has 0 atom stereocenters. The van der Waals surface area contributed by atoms with Gasteiger partial charge in [0, 0.05) is 5.56 Å². The molecule has 0 spiro atoms. The van der Waals surface area contributed by atoms with E-state index in [1.165, 1.54) is 0 Å². The molecule has 4 heteroatoms. The molecule has 1 aromatic heterocycles. The molecule has 0 aliphatic carbocycles. The van der Waals surface area contributed by atoms with Gasteiger partial charge in [-0.3, -0.25) is 4.79 Å². The van der Waals surface area contributed by atoms with Crippen molar-refractivity contribution in [2.75, 3.05) is 0 Å². The van der Waals surface area contributed by atoms with E-state index in [-0.39, 0.29) is 0 Å². The molecule has 1 aromatic carbocycles. The van der Waals surface area contributed by atoms with E-state index in [4.69, 9.17) is 4.74 Å². The summed E-state index contributed by atoms with van der Waals surface area (Å²) in [5.74, 6) is -0.434. The highest BCUT2D eigenvalue weighted by Gasteiger charge is 2.26. The Kier molecular flexibility index (Phi) is 4.73. The van der Waals surface area contributed by atoms with Crippen molar-refractivity contribution in [2.24, 2.45) is 0 Å². The summed E-state index contributed by atoms with van der Waals surface area (Å²) in [7, 11) is 0. The highest BCUT2D eigenvalue weighted by atomic mass is 16.6. The van der Waals surface area contributed by atoms with Gasteiger partial charge in [0.15, 0.2) is 6.29 Å². The maximum Gasteiger partial charge on any atom is 0.355 e. The average molecular weight is 313 g/mol. The zero-order valence-corrected chi connectivity index (χ0v) is 14.3. The number of hydrogen-bond acceptors (Lipinski definition) is 3. The number of ether oxygens (including phenoxy) is 1. The Labute approximate surface area is 136 Å². The molecule has 4 nitrogen and oxygen atoms in total. The molecule has 0 aliphatic heterocycles. The van der Waals surface area contributed by atoms with Crippen molar-refractivity contribution >= 4 is 12.3 Å². The number of carbonyl (C=O) groups excluding carboxylic acids is 2. The summed E-state index contributed by atoms with van der Waals surface area (Å²) in [6.07, 6.45) is 1.38. The van der Waals surface area contributed by atoms with Gasteiger partial charge in [0.05, 0.1) is 5.69 Å². The van der Waals surface area contributed by atoms with Gasteiger partial charge in [0.2, 0.25) is 0 Å². The summed E-state index contributed by atoms with van der Waals surface area (Å²) in [6, 6.07) is 7.90. The maximum absolute atomic E-state index is 12.4. The van der Waals surface area contributed by atoms with Crippen LogP contribution in [0, 0.1) is 6.92 Å². The highest BCUT2D eigenvalue weighted by molar-refractivity contribution is 5.97. The Balaban J connectivity index is 2.57. The number of aromatic nitrogens is 1. The molecule has 122 valence electrons. The van der Waals surface area contributed by atoms with Crippen LogP contribution in [0.2, 0.25) is 0 Å². The van der Waals surface area contributed by atoms with E-state index in [9.17, 15) is 9.59 Å². The number of rotatable bonds is 4. The van der Waals surface area contributed by atoms with Crippen molar-refractivity contribution in [3.05, 3.63) is 46.8 Å². The number of nitrogens with one attached hydrogen (secondary N) is 1. The minimum Gasteiger partial charge on any atom is -0.455 e. The van der Waals surface area contributed by atoms with Gasteiger partial charge in [-0.2, -0.15) is 0 Å². The molecule has 0 fully saturated rings. The van der Waals surface area contributed by atoms with Crippen LogP contribution in [0.15, 0.2) is 24.3 Å². The van der Waals surface area contributed by atoms with Crippen LogP contribution in [-0.4, -0.2) is 22.8 Å². The summed E-state index contributed by atoms with van der Waals surface area (Å²) >= 11 is 0. The Hall–Kier alpha value is -2.36. The van der Waals surface area contributed by atoms with Crippen LogP contribution in [0.3, 0.4) is 0 Å². The van der Waals surface area contributed by atoms with Crippen LogP contribution in [0.25, 0.3) is 11.1 Å². The summed E-state index contributed by atoms with van der Waals surface area (Å²) in [5, 5.41) is 0. The van der Waals surface area contributed by atoms with Crippen LogP contribution in [0.4, 0.5) is 0 Å². The van der Waals surface area contributed by atoms with Crippen molar-refractivity contribution in [3.63, 3.8) is 0 Å². The second kappa shape index (κ2) is 6.41. The van der Waals surface area contributed by atoms with Crippen LogP contribution in [-0.2, 0) is 11.2 Å². The average Bonchev–Trinajstić information content (AvgIpc) is 2.85. The third-order valence-corrected chi connectivity index (χ3v) is 3.55. The second-order valence-electron chi connectivity index (χ2n) is 6.61. The zero-order chi connectivity index (χ0) is 17.2. The fraction of sp³-hybridized carbons (Fsp3) is 0.368. The van der Waals surface area contributed by atoms with Crippen LogP contribution < -0.4 is 0 Å². The van der Waals surface area contributed by atoms with Gasteiger partial charge in [-0.1, -0.05) is 36.8 Å². The third kappa shape index (κ3) is 3.70. The van der Waals surface area contributed by atoms with Gasteiger partial charge in [-0.25, -0.2) is 4.79 Å². The summed E-state index contributed by atoms with van der Waals surface area (Å²) in [5.41, 5.74) is 3.83. The summed E-state index contributed by atoms with van der Waals surface area (Å²) in [6.45, 7) is 9.43. The van der Waals surface area contributed by atoms with Crippen LogP contribution in [0.5, 0.6) is 0 Å². The third-order valence-electron chi connectivity index (χ3n) is 3.55. The van der Waals surface area contributed by atoms with Gasteiger partial charge < -0.3 is 9.72 Å². The van der Waals surface area contributed by atoms with Crippen LogP contribution >= 0.6 is 0 Å². The molecule has 23 heavy (non-hydrogen) atoms. The molecule has 0 aliphatic rings. The van der Waals surface area contributed by atoms with Gasteiger partial charge in [0.25, 0.3) is 0 Å². The number of aromatic amines is 1. The predicted molar refractivity (Wildman–Crippen MR) is 90.9 cm³/mol. The van der Waals surface area contributed by atoms with Gasteiger partial charge >= 0.3 is 5.97 Å². The number of carbonyl (C=O) groups is 2. The quantitative estimate of drug-likeness (QED) is 0.675. The zero-order valence-electron chi connectivity index (χ0n) is 14.3. The van der Waals surface area contributed by atoms with Crippen molar-refractivity contribution in [2.45, 2.75) is 46.6 Å². The van der Waals surface area contributed by atoms with E-state index in [0.717, 1.165) is 28.5 Å². The molecule has 2 rings (SSSR count). The largest absolute Gasteiger partial charge is 0.455 e. The molecule has 0 amide bonds. The predicted octanol–water partition coefficient (Wildman–Crippen LogP) is 4.32. The highest BCUT2D eigenvalue weighted by Crippen LogP contribution is 2.31. The van der Waals surface area contributed by atoms with Crippen molar-refractivity contribution < 1.29 is 14.3 Å². The molecule has 0 saturated heterocycles. The fourth-order valence-corrected chi connectivity index (χ4v) is 2.56. The van der Waals surface area contributed by atoms with E-state index in [1.54, 1.807) is 0 Å². The normalized spacial score (nSPS) is 11.3. The molecule has 1 N–H and O–H groups in total. The number of aryl methyl sites for hydroxylation is 1. The molecule has 2 aromatic rings. The molecular formula is C19H23NO3. The smallest absolute Gasteiger partial charge is 0.355 e. The first kappa shape index (κ1) is 17.0. The van der Waals surface area contributed by atoms with Gasteiger partial charge in [-0.05, 0) is 45.2 Å². The SMILES string of the molecule is CCc1c(C(=O)OC(C)(C)C)[nH]c(C=O)c1-c1ccc(C)cc1. The van der Waals surface area contributed by atoms with E-state index >= 15 is 0 Å². The van der Waals surface area contributed by atoms with E-state index in [0.29, 0.717) is 17.8 Å². The number of hydrogen-bond donors (Lipinski definition) is 1. The van der Waals surface area contributed by atoms with Crippen molar-refractivity contribution in [1.82, 2.24) is 4.98 Å². The number of aldehydes is 1. The Morgan fingerprint density at radius 3 is 2.30 bits per heavy atom. The van der Waals surface area contributed by atoms with Gasteiger partial charge in [-0.15, -0.1) is 0 Å². The first-order valence-corrected chi connectivity index (χ1v) is 7.77. The molecule has 0 saturated carbocycles.